The normalized spacial score (nSPS) is 10.3. The highest BCUT2D eigenvalue weighted by Gasteiger charge is 2.11. The van der Waals surface area contributed by atoms with Crippen LogP contribution in [0.5, 0.6) is 5.75 Å². The fourth-order valence-corrected chi connectivity index (χ4v) is 1.95. The van der Waals surface area contributed by atoms with Gasteiger partial charge >= 0.3 is 7.12 Å². The predicted octanol–water partition coefficient (Wildman–Crippen LogP) is 2.25. The molecule has 0 aliphatic heterocycles. The molecule has 0 fully saturated rings. The van der Waals surface area contributed by atoms with Gasteiger partial charge < -0.3 is 14.8 Å². The highest BCUT2D eigenvalue weighted by Crippen LogP contribution is 2.22. The van der Waals surface area contributed by atoms with E-state index in [1.165, 1.54) is 0 Å². The van der Waals surface area contributed by atoms with Crippen molar-refractivity contribution >= 4 is 35.8 Å². The van der Waals surface area contributed by atoms with Crippen LogP contribution in [-0.4, -0.2) is 17.2 Å². The lowest BCUT2D eigenvalue weighted by atomic mass is 9.80. The van der Waals surface area contributed by atoms with E-state index in [0.717, 1.165) is 5.56 Å². The van der Waals surface area contributed by atoms with Crippen molar-refractivity contribution in [1.82, 2.24) is 0 Å². The fraction of sp³-hybridized carbons (Fsp3) is 0.0769. The molecular weight excluding hydrogens is 286 g/mol. The van der Waals surface area contributed by atoms with Gasteiger partial charge in [-0.3, -0.25) is 0 Å². The molecule has 0 bridgehead atoms. The number of ether oxygens (including phenoxy) is 1. The van der Waals surface area contributed by atoms with Crippen LogP contribution in [0.2, 0.25) is 10.0 Å². The van der Waals surface area contributed by atoms with Crippen LogP contribution in [-0.2, 0) is 6.61 Å². The van der Waals surface area contributed by atoms with E-state index >= 15 is 0 Å². The smallest absolute Gasteiger partial charge is 0.488 e. The molecule has 0 spiro atoms. The lowest BCUT2D eigenvalue weighted by Gasteiger charge is -2.09. The Morgan fingerprint density at radius 3 is 2.58 bits per heavy atom. The van der Waals surface area contributed by atoms with E-state index in [1.54, 1.807) is 42.5 Å². The summed E-state index contributed by atoms with van der Waals surface area (Å²) < 4.78 is 5.55. The molecule has 2 aromatic carbocycles. The first-order chi connectivity index (χ1) is 9.06. The van der Waals surface area contributed by atoms with Gasteiger partial charge in [0, 0.05) is 15.6 Å². The molecule has 0 aromatic heterocycles. The minimum atomic E-state index is -1.52. The Kier molecular flexibility index (Phi) is 4.72. The third-order valence-electron chi connectivity index (χ3n) is 2.56. The predicted molar refractivity (Wildman–Crippen MR) is 77.1 cm³/mol. The molecule has 19 heavy (non-hydrogen) atoms. The maximum Gasteiger partial charge on any atom is 0.488 e. The molecule has 0 atom stereocenters. The van der Waals surface area contributed by atoms with Crippen molar-refractivity contribution in [3.05, 3.63) is 58.1 Å². The van der Waals surface area contributed by atoms with E-state index < -0.39 is 7.12 Å². The Labute approximate surface area is 121 Å². The summed E-state index contributed by atoms with van der Waals surface area (Å²) in [6.45, 7) is 0.254. The number of hydrogen-bond acceptors (Lipinski definition) is 3. The Hall–Kier alpha value is -1.20. The second-order valence-corrected chi connectivity index (χ2v) is 4.81. The SMILES string of the molecule is OB(O)c1cccc(OCc2cc(Cl)ccc2Cl)c1. The molecular formula is C13H11BCl2O3. The topological polar surface area (TPSA) is 49.7 Å². The van der Waals surface area contributed by atoms with Gasteiger partial charge in [0.25, 0.3) is 0 Å². The first-order valence-electron chi connectivity index (χ1n) is 5.59. The van der Waals surface area contributed by atoms with Gasteiger partial charge in [0.2, 0.25) is 0 Å². The molecule has 2 aromatic rings. The molecule has 0 amide bonds. The first-order valence-corrected chi connectivity index (χ1v) is 6.34. The maximum absolute atomic E-state index is 9.08. The van der Waals surface area contributed by atoms with E-state index in [1.807, 2.05) is 0 Å². The Balaban J connectivity index is 2.10. The van der Waals surface area contributed by atoms with Gasteiger partial charge in [-0.2, -0.15) is 0 Å². The molecule has 2 rings (SSSR count). The second kappa shape index (κ2) is 6.30. The van der Waals surface area contributed by atoms with Crippen molar-refractivity contribution in [3.63, 3.8) is 0 Å². The summed E-state index contributed by atoms with van der Waals surface area (Å²) in [5, 5.41) is 19.3. The van der Waals surface area contributed by atoms with E-state index in [-0.39, 0.29) is 6.61 Å². The van der Waals surface area contributed by atoms with Crippen molar-refractivity contribution in [2.45, 2.75) is 6.61 Å². The van der Waals surface area contributed by atoms with Crippen LogP contribution in [0.1, 0.15) is 5.56 Å². The summed E-state index contributed by atoms with van der Waals surface area (Å²) in [5.41, 5.74) is 1.14. The van der Waals surface area contributed by atoms with Crippen molar-refractivity contribution < 1.29 is 14.8 Å². The third-order valence-corrected chi connectivity index (χ3v) is 3.16. The number of benzene rings is 2. The molecule has 0 saturated heterocycles. The van der Waals surface area contributed by atoms with Gasteiger partial charge in [-0.25, -0.2) is 0 Å². The highest BCUT2D eigenvalue weighted by molar-refractivity contribution is 6.58. The van der Waals surface area contributed by atoms with E-state index in [0.29, 0.717) is 21.3 Å². The van der Waals surface area contributed by atoms with E-state index in [4.69, 9.17) is 38.0 Å². The van der Waals surface area contributed by atoms with Crippen molar-refractivity contribution in [2.24, 2.45) is 0 Å². The zero-order valence-corrected chi connectivity index (χ0v) is 11.4. The van der Waals surface area contributed by atoms with Crippen LogP contribution in [0.25, 0.3) is 0 Å². The largest absolute Gasteiger partial charge is 0.489 e. The molecule has 0 saturated carbocycles. The van der Waals surface area contributed by atoms with Crippen LogP contribution in [0.4, 0.5) is 0 Å². The standard InChI is InChI=1S/C13H11BCl2O3/c15-11-4-5-13(16)9(6-11)8-19-12-3-1-2-10(7-12)14(17)18/h1-7,17-18H,8H2. The van der Waals surface area contributed by atoms with E-state index in [9.17, 15) is 0 Å². The van der Waals surface area contributed by atoms with Gasteiger partial charge in [0.1, 0.15) is 12.4 Å². The molecule has 0 aliphatic carbocycles. The second-order valence-electron chi connectivity index (χ2n) is 3.97. The van der Waals surface area contributed by atoms with Crippen molar-refractivity contribution in [1.29, 1.82) is 0 Å². The lowest BCUT2D eigenvalue weighted by Crippen LogP contribution is -2.29. The summed E-state index contributed by atoms with van der Waals surface area (Å²) in [5.74, 6) is 0.529. The number of hydrogen-bond donors (Lipinski definition) is 2. The molecule has 0 radical (unpaired) electrons. The van der Waals surface area contributed by atoms with Gasteiger partial charge in [0.15, 0.2) is 0 Å². The van der Waals surface area contributed by atoms with Gasteiger partial charge in [-0.15, -0.1) is 0 Å². The summed E-state index contributed by atoms with van der Waals surface area (Å²) in [6.07, 6.45) is 0. The molecule has 0 aliphatic rings. The molecule has 0 heterocycles. The highest BCUT2D eigenvalue weighted by atomic mass is 35.5. The average molecular weight is 297 g/mol. The maximum atomic E-state index is 9.08. The van der Waals surface area contributed by atoms with Gasteiger partial charge in [0.05, 0.1) is 0 Å². The summed E-state index contributed by atoms with van der Waals surface area (Å²) >= 11 is 11.9. The third kappa shape index (κ3) is 3.88. The monoisotopic (exact) mass is 296 g/mol. The van der Waals surface area contributed by atoms with E-state index in [2.05, 4.69) is 0 Å². The van der Waals surface area contributed by atoms with Crippen LogP contribution in [0.3, 0.4) is 0 Å². The number of rotatable bonds is 4. The Bertz CT molecular complexity index is 576. The Morgan fingerprint density at radius 2 is 1.84 bits per heavy atom. The number of halogens is 2. The molecule has 98 valence electrons. The summed E-state index contributed by atoms with van der Waals surface area (Å²) in [4.78, 5) is 0. The molecule has 0 unspecified atom stereocenters. The zero-order chi connectivity index (χ0) is 13.8. The van der Waals surface area contributed by atoms with Crippen LogP contribution in [0.15, 0.2) is 42.5 Å². The van der Waals surface area contributed by atoms with Crippen LogP contribution >= 0.6 is 23.2 Å². The molecule has 3 nitrogen and oxygen atoms in total. The minimum Gasteiger partial charge on any atom is -0.489 e. The molecule has 2 N–H and O–H groups in total. The van der Waals surface area contributed by atoms with Crippen LogP contribution < -0.4 is 10.2 Å². The van der Waals surface area contributed by atoms with Crippen molar-refractivity contribution in [3.8, 4) is 5.75 Å². The average Bonchev–Trinajstić information content (AvgIpc) is 2.40. The zero-order valence-electron chi connectivity index (χ0n) is 9.88. The van der Waals surface area contributed by atoms with Crippen molar-refractivity contribution in [2.75, 3.05) is 0 Å². The van der Waals surface area contributed by atoms with Crippen LogP contribution in [0, 0.1) is 0 Å². The summed E-state index contributed by atoms with van der Waals surface area (Å²) in [6, 6.07) is 11.7. The fourth-order valence-electron chi connectivity index (χ4n) is 1.58. The van der Waals surface area contributed by atoms with Gasteiger partial charge in [-0.1, -0.05) is 35.3 Å². The quantitative estimate of drug-likeness (QED) is 0.851. The van der Waals surface area contributed by atoms with Gasteiger partial charge in [-0.05, 0) is 35.8 Å². The lowest BCUT2D eigenvalue weighted by molar-refractivity contribution is 0.306. The first kappa shape index (κ1) is 14.2. The summed E-state index contributed by atoms with van der Waals surface area (Å²) in [7, 11) is -1.52. The molecule has 6 heteroatoms. The Morgan fingerprint density at radius 1 is 1.05 bits per heavy atom. The minimum absolute atomic E-state index is 0.254.